The van der Waals surface area contributed by atoms with Gasteiger partial charge < -0.3 is 10.2 Å². The molecule has 218 valence electrons. The number of benzene rings is 3. The first-order valence-corrected chi connectivity index (χ1v) is 16.3. The molecule has 1 atom stereocenters. The number of hydrogen-bond acceptors (Lipinski definition) is 4. The van der Waals surface area contributed by atoms with E-state index in [9.17, 15) is 18.0 Å². The molecule has 0 unspecified atom stereocenters. The summed E-state index contributed by atoms with van der Waals surface area (Å²) in [6.45, 7) is -0.427. The maximum absolute atomic E-state index is 14.2. The van der Waals surface area contributed by atoms with Crippen molar-refractivity contribution in [2.75, 3.05) is 17.1 Å². The normalized spacial score (nSPS) is 14.7. The number of carbonyl (C=O) groups is 2. The molecule has 0 saturated heterocycles. The lowest BCUT2D eigenvalue weighted by Gasteiger charge is -2.35. The second kappa shape index (κ2) is 14.2. The zero-order valence-corrected chi connectivity index (χ0v) is 25.3. The third kappa shape index (κ3) is 8.47. The number of hydrogen-bond donors (Lipinski definition) is 1. The summed E-state index contributed by atoms with van der Waals surface area (Å²) in [5, 5.41) is 3.38. The molecule has 1 saturated carbocycles. The summed E-state index contributed by atoms with van der Waals surface area (Å²) in [7, 11) is -3.94. The van der Waals surface area contributed by atoms with Gasteiger partial charge in [-0.3, -0.25) is 13.9 Å². The molecule has 1 aliphatic rings. The van der Waals surface area contributed by atoms with E-state index in [0.29, 0.717) is 0 Å². The molecule has 0 bridgehead atoms. The first-order chi connectivity index (χ1) is 19.6. The van der Waals surface area contributed by atoms with Gasteiger partial charge in [-0.1, -0.05) is 109 Å². The topological polar surface area (TPSA) is 86.8 Å². The Kier molecular flexibility index (Phi) is 10.7. The molecule has 1 N–H and O–H groups in total. The van der Waals surface area contributed by atoms with Crippen molar-refractivity contribution in [3.8, 4) is 0 Å². The summed E-state index contributed by atoms with van der Waals surface area (Å²) < 4.78 is 26.8. The van der Waals surface area contributed by atoms with E-state index in [1.54, 1.807) is 12.1 Å². The molecule has 1 aliphatic carbocycles. The Labute approximate surface area is 252 Å². The Morgan fingerprint density at radius 2 is 1.49 bits per heavy atom. The van der Waals surface area contributed by atoms with E-state index in [4.69, 9.17) is 23.2 Å². The van der Waals surface area contributed by atoms with Crippen LogP contribution in [0.25, 0.3) is 0 Å². The van der Waals surface area contributed by atoms with Crippen molar-refractivity contribution in [3.05, 3.63) is 100 Å². The van der Waals surface area contributed by atoms with Gasteiger partial charge in [-0.2, -0.15) is 0 Å². The molecule has 2 amide bonds. The first kappa shape index (κ1) is 30.9. The predicted molar refractivity (Wildman–Crippen MR) is 165 cm³/mol. The standard InChI is InChI=1S/C31H35Cl2N3O4S/c1-41(39,40)36(27-19-11-18-26(32)30(27)33)22-29(37)35(21-24-14-7-3-8-15-24)28(20-23-12-5-2-6-13-23)31(38)34-25-16-9-4-10-17-25/h2-3,5-8,11-15,18-19,25,28H,4,9-10,16-17,20-22H2,1H3,(H,34,38)/t28-/m0/s1. The minimum Gasteiger partial charge on any atom is -0.352 e. The summed E-state index contributed by atoms with van der Waals surface area (Å²) in [4.78, 5) is 29.6. The number of nitrogens with zero attached hydrogens (tertiary/aromatic N) is 2. The lowest BCUT2D eigenvalue weighted by molar-refractivity contribution is -0.140. The van der Waals surface area contributed by atoms with Gasteiger partial charge in [0.25, 0.3) is 0 Å². The van der Waals surface area contributed by atoms with Crippen LogP contribution in [0, 0.1) is 0 Å². The van der Waals surface area contributed by atoms with Gasteiger partial charge >= 0.3 is 0 Å². The van der Waals surface area contributed by atoms with Gasteiger partial charge in [0.2, 0.25) is 21.8 Å². The molecule has 0 radical (unpaired) electrons. The fourth-order valence-electron chi connectivity index (χ4n) is 5.16. The highest BCUT2D eigenvalue weighted by atomic mass is 35.5. The van der Waals surface area contributed by atoms with Gasteiger partial charge in [-0.05, 0) is 36.1 Å². The Balaban J connectivity index is 1.72. The van der Waals surface area contributed by atoms with Gasteiger partial charge in [0.1, 0.15) is 12.6 Å². The Bertz CT molecular complexity index is 1430. The van der Waals surface area contributed by atoms with E-state index in [-0.39, 0.29) is 40.6 Å². The minimum atomic E-state index is -3.94. The van der Waals surface area contributed by atoms with E-state index in [1.165, 1.54) is 11.0 Å². The SMILES string of the molecule is CS(=O)(=O)N(CC(=O)N(Cc1ccccc1)[C@@H](Cc1ccccc1)C(=O)NC1CCCCC1)c1cccc(Cl)c1Cl. The van der Waals surface area contributed by atoms with Crippen LogP contribution in [0.15, 0.2) is 78.9 Å². The monoisotopic (exact) mass is 615 g/mol. The van der Waals surface area contributed by atoms with Crippen LogP contribution in [0.4, 0.5) is 5.69 Å². The van der Waals surface area contributed by atoms with Crippen molar-refractivity contribution in [3.63, 3.8) is 0 Å². The lowest BCUT2D eigenvalue weighted by atomic mass is 9.94. The van der Waals surface area contributed by atoms with Crippen LogP contribution in [-0.2, 0) is 32.6 Å². The molecular weight excluding hydrogens is 581 g/mol. The van der Waals surface area contributed by atoms with Crippen molar-refractivity contribution >= 4 is 50.7 Å². The van der Waals surface area contributed by atoms with Gasteiger partial charge in [0.05, 0.1) is 22.0 Å². The quantitative estimate of drug-likeness (QED) is 0.293. The summed E-state index contributed by atoms with van der Waals surface area (Å²) >= 11 is 12.6. The van der Waals surface area contributed by atoms with Crippen LogP contribution in [-0.4, -0.2) is 50.0 Å². The zero-order chi connectivity index (χ0) is 29.4. The second-order valence-electron chi connectivity index (χ2n) is 10.4. The zero-order valence-electron chi connectivity index (χ0n) is 23.0. The van der Waals surface area contributed by atoms with E-state index in [2.05, 4.69) is 5.32 Å². The lowest BCUT2D eigenvalue weighted by Crippen LogP contribution is -2.55. The number of rotatable bonds is 11. The number of carbonyl (C=O) groups excluding carboxylic acids is 2. The van der Waals surface area contributed by atoms with Gasteiger partial charge in [-0.25, -0.2) is 8.42 Å². The van der Waals surface area contributed by atoms with Crippen molar-refractivity contribution in [1.29, 1.82) is 0 Å². The predicted octanol–water partition coefficient (Wildman–Crippen LogP) is 5.85. The van der Waals surface area contributed by atoms with Crippen LogP contribution in [0.3, 0.4) is 0 Å². The van der Waals surface area contributed by atoms with Gasteiger partial charge in [-0.15, -0.1) is 0 Å². The summed E-state index contributed by atoms with van der Waals surface area (Å²) in [5.41, 5.74) is 1.80. The summed E-state index contributed by atoms with van der Waals surface area (Å²) in [6.07, 6.45) is 6.31. The largest absolute Gasteiger partial charge is 0.352 e. The van der Waals surface area contributed by atoms with Crippen molar-refractivity contribution in [2.24, 2.45) is 0 Å². The summed E-state index contributed by atoms with van der Waals surface area (Å²) in [5.74, 6) is -0.785. The Morgan fingerprint density at radius 1 is 0.878 bits per heavy atom. The van der Waals surface area contributed by atoms with Crippen LogP contribution in [0.2, 0.25) is 10.0 Å². The van der Waals surface area contributed by atoms with Crippen LogP contribution in [0.5, 0.6) is 0 Å². The minimum absolute atomic E-state index is 0.0258. The average Bonchev–Trinajstić information content (AvgIpc) is 2.96. The molecule has 7 nitrogen and oxygen atoms in total. The highest BCUT2D eigenvalue weighted by molar-refractivity contribution is 7.92. The second-order valence-corrected chi connectivity index (χ2v) is 13.1. The number of sulfonamides is 1. The Hall–Kier alpha value is -3.07. The molecule has 0 spiro atoms. The van der Waals surface area contributed by atoms with E-state index in [0.717, 1.165) is 53.8 Å². The van der Waals surface area contributed by atoms with E-state index >= 15 is 0 Å². The molecule has 3 aromatic rings. The van der Waals surface area contributed by atoms with Crippen molar-refractivity contribution in [1.82, 2.24) is 10.2 Å². The van der Waals surface area contributed by atoms with E-state index < -0.39 is 28.5 Å². The first-order valence-electron chi connectivity index (χ1n) is 13.7. The van der Waals surface area contributed by atoms with Crippen LogP contribution in [0.1, 0.15) is 43.2 Å². The van der Waals surface area contributed by atoms with Crippen molar-refractivity contribution in [2.45, 2.75) is 57.2 Å². The third-order valence-corrected chi connectivity index (χ3v) is 9.23. The van der Waals surface area contributed by atoms with Gasteiger partial charge in [0.15, 0.2) is 0 Å². The highest BCUT2D eigenvalue weighted by Gasteiger charge is 2.34. The molecule has 10 heteroatoms. The number of nitrogens with one attached hydrogen (secondary N) is 1. The maximum Gasteiger partial charge on any atom is 0.244 e. The molecule has 0 aromatic heterocycles. The van der Waals surface area contributed by atoms with Gasteiger partial charge in [0, 0.05) is 19.0 Å². The molecule has 3 aromatic carbocycles. The van der Waals surface area contributed by atoms with E-state index in [1.807, 2.05) is 60.7 Å². The third-order valence-electron chi connectivity index (χ3n) is 7.30. The molecule has 4 rings (SSSR count). The molecule has 41 heavy (non-hydrogen) atoms. The fraction of sp³-hybridized carbons (Fsp3) is 0.355. The Morgan fingerprint density at radius 3 is 2.10 bits per heavy atom. The number of halogens is 2. The smallest absolute Gasteiger partial charge is 0.244 e. The molecule has 0 heterocycles. The fourth-order valence-corrected chi connectivity index (χ4v) is 6.46. The summed E-state index contributed by atoms with van der Waals surface area (Å²) in [6, 6.07) is 22.7. The highest BCUT2D eigenvalue weighted by Crippen LogP contribution is 2.34. The molecule has 0 aliphatic heterocycles. The molecule has 1 fully saturated rings. The van der Waals surface area contributed by atoms with Crippen LogP contribution >= 0.6 is 23.2 Å². The average molecular weight is 617 g/mol. The number of amides is 2. The number of anilines is 1. The maximum atomic E-state index is 14.2. The van der Waals surface area contributed by atoms with Crippen molar-refractivity contribution < 1.29 is 18.0 Å². The van der Waals surface area contributed by atoms with Crippen LogP contribution < -0.4 is 9.62 Å². The molecular formula is C31H35Cl2N3O4S.